The summed E-state index contributed by atoms with van der Waals surface area (Å²) >= 11 is 0. The van der Waals surface area contributed by atoms with E-state index in [0.29, 0.717) is 11.5 Å². The molecule has 0 spiro atoms. The zero-order chi connectivity index (χ0) is 11.5. The Morgan fingerprint density at radius 3 is 2.88 bits per heavy atom. The summed E-state index contributed by atoms with van der Waals surface area (Å²) in [4.78, 5) is 0. The Hall–Kier alpha value is -1.84. The molecule has 2 rings (SSSR count). The molecule has 0 aliphatic rings. The van der Waals surface area contributed by atoms with Crippen LogP contribution in [0.3, 0.4) is 0 Å². The Kier molecular flexibility index (Phi) is 2.90. The number of rotatable bonds is 3. The lowest BCUT2D eigenvalue weighted by Crippen LogP contribution is -2.02. The fourth-order valence-corrected chi connectivity index (χ4v) is 1.64. The van der Waals surface area contributed by atoms with Gasteiger partial charge >= 0.3 is 0 Å². The molecule has 0 aliphatic heterocycles. The van der Waals surface area contributed by atoms with Crippen molar-refractivity contribution in [1.29, 1.82) is 0 Å². The summed E-state index contributed by atoms with van der Waals surface area (Å²) in [6.45, 7) is 2.08. The van der Waals surface area contributed by atoms with Crippen molar-refractivity contribution in [2.45, 2.75) is 19.8 Å². The van der Waals surface area contributed by atoms with E-state index in [1.54, 1.807) is 16.8 Å². The highest BCUT2D eigenvalue weighted by molar-refractivity contribution is 5.42. The maximum atomic E-state index is 13.1. The van der Waals surface area contributed by atoms with Gasteiger partial charge in [-0.25, -0.2) is 9.07 Å². The van der Waals surface area contributed by atoms with E-state index in [0.717, 1.165) is 18.5 Å². The maximum absolute atomic E-state index is 13.1. The molecule has 0 saturated carbocycles. The van der Waals surface area contributed by atoms with Crippen molar-refractivity contribution in [2.75, 3.05) is 5.73 Å². The number of nitrogens with two attached hydrogens (primary N) is 1. The van der Waals surface area contributed by atoms with Crippen LogP contribution < -0.4 is 5.73 Å². The third-order valence-electron chi connectivity index (χ3n) is 2.35. The zero-order valence-corrected chi connectivity index (χ0v) is 9.15. The van der Waals surface area contributed by atoms with E-state index in [2.05, 4.69) is 12.0 Å². The molecule has 1 aromatic carbocycles. The van der Waals surface area contributed by atoms with Gasteiger partial charge in [-0.05, 0) is 24.6 Å². The molecule has 84 valence electrons. The second-order valence-electron chi connectivity index (χ2n) is 3.70. The number of aromatic nitrogens is 2. The third-order valence-corrected chi connectivity index (χ3v) is 2.35. The summed E-state index contributed by atoms with van der Waals surface area (Å²) in [5.74, 6) is 0.249. The molecule has 0 amide bonds. The molecular weight excluding hydrogens is 205 g/mol. The normalized spacial score (nSPS) is 10.6. The zero-order valence-electron chi connectivity index (χ0n) is 9.15. The Morgan fingerprint density at radius 1 is 1.38 bits per heavy atom. The van der Waals surface area contributed by atoms with E-state index in [-0.39, 0.29) is 5.82 Å². The van der Waals surface area contributed by atoms with E-state index >= 15 is 0 Å². The van der Waals surface area contributed by atoms with E-state index in [1.165, 1.54) is 12.1 Å². The summed E-state index contributed by atoms with van der Waals surface area (Å²) in [7, 11) is 0. The lowest BCUT2D eigenvalue weighted by molar-refractivity contribution is 0.625. The number of hydrogen-bond donors (Lipinski definition) is 1. The molecule has 4 heteroatoms. The molecule has 0 saturated heterocycles. The number of aryl methyl sites for hydroxylation is 1. The monoisotopic (exact) mass is 219 g/mol. The van der Waals surface area contributed by atoms with Crippen molar-refractivity contribution in [3.63, 3.8) is 0 Å². The predicted molar refractivity (Wildman–Crippen MR) is 61.9 cm³/mol. The molecule has 3 nitrogen and oxygen atoms in total. The molecule has 0 unspecified atom stereocenters. The van der Waals surface area contributed by atoms with Crippen molar-refractivity contribution in [2.24, 2.45) is 0 Å². The first-order valence-electron chi connectivity index (χ1n) is 5.31. The number of nitrogen functional groups attached to an aromatic ring is 1. The maximum Gasteiger partial charge on any atom is 0.127 e. The molecular formula is C12H14FN3. The van der Waals surface area contributed by atoms with Gasteiger partial charge in [0.15, 0.2) is 0 Å². The first-order valence-corrected chi connectivity index (χ1v) is 5.31. The average Bonchev–Trinajstić information content (AvgIpc) is 2.60. The summed E-state index contributed by atoms with van der Waals surface area (Å²) in [6, 6.07) is 8.07. The van der Waals surface area contributed by atoms with E-state index in [9.17, 15) is 4.39 Å². The lowest BCUT2D eigenvalue weighted by Gasteiger charge is -2.03. The molecule has 0 fully saturated rings. The first-order chi connectivity index (χ1) is 7.70. The van der Waals surface area contributed by atoms with Gasteiger partial charge in [-0.1, -0.05) is 19.4 Å². The van der Waals surface area contributed by atoms with Gasteiger partial charge < -0.3 is 5.73 Å². The summed E-state index contributed by atoms with van der Waals surface area (Å²) in [5, 5.41) is 4.34. The molecule has 16 heavy (non-hydrogen) atoms. The fraction of sp³-hybridized carbons (Fsp3) is 0.250. The van der Waals surface area contributed by atoms with Gasteiger partial charge in [0.25, 0.3) is 0 Å². The van der Waals surface area contributed by atoms with Crippen LogP contribution in [0.1, 0.15) is 19.0 Å². The van der Waals surface area contributed by atoms with Crippen LogP contribution in [0.15, 0.2) is 30.3 Å². The lowest BCUT2D eigenvalue weighted by atomic mass is 10.2. The Bertz CT molecular complexity index is 491. The molecule has 0 radical (unpaired) electrons. The molecule has 2 aromatic rings. The van der Waals surface area contributed by atoms with Crippen molar-refractivity contribution in [3.8, 4) is 5.69 Å². The first kappa shape index (κ1) is 10.7. The average molecular weight is 219 g/mol. The van der Waals surface area contributed by atoms with E-state index < -0.39 is 0 Å². The number of nitrogens with zero attached hydrogens (tertiary/aromatic N) is 2. The van der Waals surface area contributed by atoms with Crippen LogP contribution in [0.2, 0.25) is 0 Å². The van der Waals surface area contributed by atoms with Crippen LogP contribution in [-0.2, 0) is 6.42 Å². The molecule has 1 aromatic heterocycles. The van der Waals surface area contributed by atoms with Crippen LogP contribution in [0.4, 0.5) is 10.2 Å². The minimum atomic E-state index is -0.288. The SMILES string of the molecule is CCCc1cc(N)n(-c2cccc(F)c2)n1. The Labute approximate surface area is 93.7 Å². The summed E-state index contributed by atoms with van der Waals surface area (Å²) in [5.41, 5.74) is 7.42. The highest BCUT2D eigenvalue weighted by Crippen LogP contribution is 2.16. The largest absolute Gasteiger partial charge is 0.384 e. The highest BCUT2D eigenvalue weighted by atomic mass is 19.1. The number of halogens is 1. The molecule has 0 atom stereocenters. The van der Waals surface area contributed by atoms with Gasteiger partial charge in [-0.3, -0.25) is 0 Å². The van der Waals surface area contributed by atoms with Gasteiger partial charge in [0, 0.05) is 6.07 Å². The second-order valence-corrected chi connectivity index (χ2v) is 3.70. The van der Waals surface area contributed by atoms with Gasteiger partial charge in [-0.2, -0.15) is 5.10 Å². The molecule has 2 N–H and O–H groups in total. The summed E-state index contributed by atoms with van der Waals surface area (Å²) in [6.07, 6.45) is 1.89. The Morgan fingerprint density at radius 2 is 2.19 bits per heavy atom. The fourth-order valence-electron chi connectivity index (χ4n) is 1.64. The number of hydrogen-bond acceptors (Lipinski definition) is 2. The smallest absolute Gasteiger partial charge is 0.127 e. The van der Waals surface area contributed by atoms with E-state index in [1.807, 2.05) is 6.07 Å². The topological polar surface area (TPSA) is 43.8 Å². The van der Waals surface area contributed by atoms with Gasteiger partial charge in [0.1, 0.15) is 11.6 Å². The number of benzene rings is 1. The Balaban J connectivity index is 2.40. The van der Waals surface area contributed by atoms with Gasteiger partial charge in [-0.15, -0.1) is 0 Å². The van der Waals surface area contributed by atoms with E-state index in [4.69, 9.17) is 5.73 Å². The van der Waals surface area contributed by atoms with Gasteiger partial charge in [0.2, 0.25) is 0 Å². The molecule has 0 bridgehead atoms. The molecule has 1 heterocycles. The van der Waals surface area contributed by atoms with Crippen LogP contribution >= 0.6 is 0 Å². The third kappa shape index (κ3) is 2.05. The van der Waals surface area contributed by atoms with Crippen molar-refractivity contribution in [1.82, 2.24) is 9.78 Å². The van der Waals surface area contributed by atoms with Crippen LogP contribution in [0, 0.1) is 5.82 Å². The highest BCUT2D eigenvalue weighted by Gasteiger charge is 2.06. The van der Waals surface area contributed by atoms with Crippen LogP contribution in [0.25, 0.3) is 5.69 Å². The minimum absolute atomic E-state index is 0.288. The van der Waals surface area contributed by atoms with Crippen molar-refractivity contribution in [3.05, 3.63) is 41.8 Å². The minimum Gasteiger partial charge on any atom is -0.384 e. The summed E-state index contributed by atoms with van der Waals surface area (Å²) < 4.78 is 14.6. The van der Waals surface area contributed by atoms with Crippen LogP contribution in [-0.4, -0.2) is 9.78 Å². The standard InChI is InChI=1S/C12H14FN3/c1-2-4-10-8-12(14)16(15-10)11-6-3-5-9(13)7-11/h3,5-8H,2,4,14H2,1H3. The quantitative estimate of drug-likeness (QED) is 0.862. The van der Waals surface area contributed by atoms with Gasteiger partial charge in [0.05, 0.1) is 11.4 Å². The van der Waals surface area contributed by atoms with Crippen LogP contribution in [0.5, 0.6) is 0 Å². The van der Waals surface area contributed by atoms with Crippen molar-refractivity contribution >= 4 is 5.82 Å². The second kappa shape index (κ2) is 4.35. The van der Waals surface area contributed by atoms with Crippen molar-refractivity contribution < 1.29 is 4.39 Å². The predicted octanol–water partition coefficient (Wildman–Crippen LogP) is 2.55. The number of anilines is 1. The molecule has 0 aliphatic carbocycles.